The molecule has 1 N–H and O–H groups in total. The Labute approximate surface area is 114 Å². The molecule has 2 rings (SSSR count). The maximum Gasteiger partial charge on any atom is 0.236 e. The fraction of sp³-hybridized carbons (Fsp3) is 0.923. The summed E-state index contributed by atoms with van der Waals surface area (Å²) < 4.78 is 10.8. The van der Waals surface area contributed by atoms with Gasteiger partial charge in [-0.2, -0.15) is 0 Å². The number of likely N-dealkylation sites (tertiary alicyclic amines) is 1. The van der Waals surface area contributed by atoms with Crippen LogP contribution in [0, 0.1) is 0 Å². The van der Waals surface area contributed by atoms with Gasteiger partial charge in [0.2, 0.25) is 5.91 Å². The first-order chi connectivity index (χ1) is 9.29. The van der Waals surface area contributed by atoms with Gasteiger partial charge in [0.1, 0.15) is 0 Å². The van der Waals surface area contributed by atoms with Crippen LogP contribution in [0.25, 0.3) is 0 Å². The molecule has 2 saturated heterocycles. The quantitative estimate of drug-likeness (QED) is 0.718. The molecule has 0 saturated carbocycles. The highest BCUT2D eigenvalue weighted by atomic mass is 16.5. The molecule has 6 heteroatoms. The topological polar surface area (TPSA) is 62.2 Å². The van der Waals surface area contributed by atoms with Gasteiger partial charge in [-0.25, -0.2) is 0 Å². The molecular weight excluding hydrogens is 248 g/mol. The van der Waals surface area contributed by atoms with Gasteiger partial charge in [-0.3, -0.25) is 9.69 Å². The Morgan fingerprint density at radius 1 is 1.21 bits per heavy atom. The van der Waals surface area contributed by atoms with E-state index >= 15 is 0 Å². The number of nitrogens with zero attached hydrogens (tertiary/aromatic N) is 2. The summed E-state index contributed by atoms with van der Waals surface area (Å²) in [6.07, 6.45) is 2.12. The van der Waals surface area contributed by atoms with E-state index in [0.29, 0.717) is 26.4 Å². The number of hydrogen-bond donors (Lipinski definition) is 1. The average molecular weight is 272 g/mol. The number of rotatable bonds is 5. The molecule has 0 atom stereocenters. The van der Waals surface area contributed by atoms with Crippen molar-refractivity contribution in [2.45, 2.75) is 18.9 Å². The van der Waals surface area contributed by atoms with E-state index in [4.69, 9.17) is 14.6 Å². The van der Waals surface area contributed by atoms with E-state index in [0.717, 1.165) is 39.0 Å². The maximum atomic E-state index is 12.1. The molecule has 2 aliphatic rings. The summed E-state index contributed by atoms with van der Waals surface area (Å²) >= 11 is 0. The number of aliphatic hydroxyl groups excluding tert-OH is 1. The fourth-order valence-electron chi connectivity index (χ4n) is 2.56. The Bertz CT molecular complexity index is 274. The Balaban J connectivity index is 1.65. The van der Waals surface area contributed by atoms with Crippen molar-refractivity contribution >= 4 is 5.91 Å². The first kappa shape index (κ1) is 14.7. The van der Waals surface area contributed by atoms with Crippen LogP contribution >= 0.6 is 0 Å². The minimum atomic E-state index is 0.0791. The minimum Gasteiger partial charge on any atom is -0.394 e. The summed E-state index contributed by atoms with van der Waals surface area (Å²) in [5, 5.41) is 8.72. The zero-order valence-electron chi connectivity index (χ0n) is 11.4. The van der Waals surface area contributed by atoms with E-state index in [1.807, 2.05) is 4.90 Å². The Hall–Kier alpha value is -0.690. The summed E-state index contributed by atoms with van der Waals surface area (Å²) in [5.41, 5.74) is 0. The van der Waals surface area contributed by atoms with Gasteiger partial charge in [-0.1, -0.05) is 0 Å². The lowest BCUT2D eigenvalue weighted by Crippen LogP contribution is -2.48. The molecular formula is C13H24N2O4. The van der Waals surface area contributed by atoms with Crippen molar-refractivity contribution in [2.75, 3.05) is 59.2 Å². The molecule has 2 aliphatic heterocycles. The second-order valence-electron chi connectivity index (χ2n) is 5.06. The molecule has 19 heavy (non-hydrogen) atoms. The van der Waals surface area contributed by atoms with Gasteiger partial charge in [0.15, 0.2) is 0 Å². The Morgan fingerprint density at radius 3 is 2.53 bits per heavy atom. The van der Waals surface area contributed by atoms with Crippen LogP contribution in [0.5, 0.6) is 0 Å². The monoisotopic (exact) mass is 272 g/mol. The molecule has 1 amide bonds. The number of morpholine rings is 1. The number of piperidine rings is 1. The highest BCUT2D eigenvalue weighted by Crippen LogP contribution is 2.13. The predicted molar refractivity (Wildman–Crippen MR) is 69.9 cm³/mol. The summed E-state index contributed by atoms with van der Waals surface area (Å²) in [5.74, 6) is 0.207. The second kappa shape index (κ2) is 7.79. The van der Waals surface area contributed by atoms with E-state index < -0.39 is 0 Å². The van der Waals surface area contributed by atoms with E-state index in [1.54, 1.807) is 0 Å². The first-order valence-electron chi connectivity index (χ1n) is 7.10. The van der Waals surface area contributed by atoms with Crippen molar-refractivity contribution in [3.8, 4) is 0 Å². The summed E-state index contributed by atoms with van der Waals surface area (Å²) in [4.78, 5) is 16.2. The van der Waals surface area contributed by atoms with E-state index in [-0.39, 0.29) is 18.6 Å². The van der Waals surface area contributed by atoms with E-state index in [2.05, 4.69) is 4.90 Å². The van der Waals surface area contributed by atoms with Crippen LogP contribution in [0.4, 0.5) is 0 Å². The number of carbonyl (C=O) groups is 1. The Kier molecular flexibility index (Phi) is 6.03. The standard InChI is InChI=1S/C13H24N2O4/c16-7-10-19-12-1-3-14(4-2-12)11-13(17)15-5-8-18-9-6-15/h12,16H,1-11H2. The lowest BCUT2D eigenvalue weighted by Gasteiger charge is -2.34. The van der Waals surface area contributed by atoms with Crippen LogP contribution in [0.1, 0.15) is 12.8 Å². The van der Waals surface area contributed by atoms with Crippen molar-refractivity contribution in [3.05, 3.63) is 0 Å². The van der Waals surface area contributed by atoms with Crippen LogP contribution in [-0.4, -0.2) is 86.1 Å². The van der Waals surface area contributed by atoms with Gasteiger partial charge in [0.05, 0.1) is 39.1 Å². The molecule has 0 bridgehead atoms. The average Bonchev–Trinajstić information content (AvgIpc) is 2.47. The van der Waals surface area contributed by atoms with Gasteiger partial charge in [-0.15, -0.1) is 0 Å². The van der Waals surface area contributed by atoms with Crippen LogP contribution in [0.15, 0.2) is 0 Å². The minimum absolute atomic E-state index is 0.0791. The van der Waals surface area contributed by atoms with E-state index in [9.17, 15) is 4.79 Å². The number of hydrogen-bond acceptors (Lipinski definition) is 5. The molecule has 0 aromatic carbocycles. The summed E-state index contributed by atoms with van der Waals surface area (Å²) in [6.45, 7) is 5.54. The lowest BCUT2D eigenvalue weighted by atomic mass is 10.1. The van der Waals surface area contributed by atoms with Crippen LogP contribution in [0.3, 0.4) is 0 Å². The predicted octanol–water partition coefficient (Wildman–Crippen LogP) is -0.681. The van der Waals surface area contributed by atoms with Crippen molar-refractivity contribution in [3.63, 3.8) is 0 Å². The van der Waals surface area contributed by atoms with Crippen LogP contribution < -0.4 is 0 Å². The molecule has 110 valence electrons. The SMILES string of the molecule is O=C(CN1CCC(OCCO)CC1)N1CCOCC1. The molecule has 0 spiro atoms. The summed E-state index contributed by atoms with van der Waals surface area (Å²) in [6, 6.07) is 0. The van der Waals surface area contributed by atoms with Gasteiger partial charge in [0.25, 0.3) is 0 Å². The fourth-order valence-corrected chi connectivity index (χ4v) is 2.56. The van der Waals surface area contributed by atoms with Crippen molar-refractivity contribution in [1.82, 2.24) is 9.80 Å². The number of ether oxygens (including phenoxy) is 2. The molecule has 0 radical (unpaired) electrons. The lowest BCUT2D eigenvalue weighted by molar-refractivity contribution is -0.137. The van der Waals surface area contributed by atoms with Crippen molar-refractivity contribution in [2.24, 2.45) is 0 Å². The molecule has 0 aliphatic carbocycles. The Morgan fingerprint density at radius 2 is 1.89 bits per heavy atom. The molecule has 0 aromatic rings. The zero-order valence-corrected chi connectivity index (χ0v) is 11.4. The number of amides is 1. The van der Waals surface area contributed by atoms with Gasteiger partial charge in [-0.05, 0) is 12.8 Å². The van der Waals surface area contributed by atoms with Crippen molar-refractivity contribution < 1.29 is 19.4 Å². The third kappa shape index (κ3) is 4.72. The molecule has 2 heterocycles. The van der Waals surface area contributed by atoms with Crippen molar-refractivity contribution in [1.29, 1.82) is 0 Å². The normalized spacial score (nSPS) is 22.7. The number of aliphatic hydroxyl groups is 1. The van der Waals surface area contributed by atoms with Crippen LogP contribution in [-0.2, 0) is 14.3 Å². The third-order valence-electron chi connectivity index (χ3n) is 3.70. The van der Waals surface area contributed by atoms with Gasteiger partial charge < -0.3 is 19.5 Å². The van der Waals surface area contributed by atoms with Gasteiger partial charge in [0, 0.05) is 26.2 Å². The highest BCUT2D eigenvalue weighted by molar-refractivity contribution is 5.78. The molecule has 0 aromatic heterocycles. The second-order valence-corrected chi connectivity index (χ2v) is 5.06. The van der Waals surface area contributed by atoms with E-state index in [1.165, 1.54) is 0 Å². The number of carbonyl (C=O) groups excluding carboxylic acids is 1. The summed E-state index contributed by atoms with van der Waals surface area (Å²) in [7, 11) is 0. The largest absolute Gasteiger partial charge is 0.394 e. The molecule has 6 nitrogen and oxygen atoms in total. The van der Waals surface area contributed by atoms with Gasteiger partial charge >= 0.3 is 0 Å². The maximum absolute atomic E-state index is 12.1. The smallest absolute Gasteiger partial charge is 0.236 e. The molecule has 2 fully saturated rings. The highest BCUT2D eigenvalue weighted by Gasteiger charge is 2.24. The first-order valence-corrected chi connectivity index (χ1v) is 7.10. The zero-order chi connectivity index (χ0) is 13.5. The molecule has 0 unspecified atom stereocenters. The third-order valence-corrected chi connectivity index (χ3v) is 3.70. The van der Waals surface area contributed by atoms with Crippen LogP contribution in [0.2, 0.25) is 0 Å².